The van der Waals surface area contributed by atoms with Gasteiger partial charge in [0.1, 0.15) is 5.75 Å². The molecule has 0 fully saturated rings. The molecule has 1 aromatic carbocycles. The Hall–Kier alpha value is -1.33. The van der Waals surface area contributed by atoms with Crippen LogP contribution in [0, 0.1) is 0 Å². The predicted molar refractivity (Wildman–Crippen MR) is 68.0 cm³/mol. The first-order chi connectivity index (χ1) is 7.60. The first-order valence-corrected chi connectivity index (χ1v) is 5.79. The van der Waals surface area contributed by atoms with E-state index in [4.69, 9.17) is 10.5 Å². The number of rotatable bonds is 3. The topological polar surface area (TPSA) is 51.4 Å². The maximum Gasteiger partial charge on any atom is 0.181 e. The van der Waals surface area contributed by atoms with E-state index >= 15 is 0 Å². The first kappa shape index (κ1) is 11.2. The summed E-state index contributed by atoms with van der Waals surface area (Å²) in [5.74, 6) is 0.855. The van der Waals surface area contributed by atoms with Crippen molar-refractivity contribution in [1.29, 1.82) is 0 Å². The Bertz CT molecular complexity index is 507. The van der Waals surface area contributed by atoms with E-state index in [2.05, 4.69) is 9.88 Å². The normalized spacial score (nSPS) is 11.2. The molecule has 0 saturated heterocycles. The number of thiazole rings is 1. The van der Waals surface area contributed by atoms with Crippen LogP contribution in [0.4, 0.5) is 5.13 Å². The fourth-order valence-corrected chi connectivity index (χ4v) is 2.48. The van der Waals surface area contributed by atoms with Gasteiger partial charge in [-0.05, 0) is 31.8 Å². The highest BCUT2D eigenvalue weighted by Crippen LogP contribution is 2.31. The maximum atomic E-state index is 5.73. The Morgan fingerprint density at radius 1 is 1.44 bits per heavy atom. The summed E-state index contributed by atoms with van der Waals surface area (Å²) in [4.78, 5) is 6.46. The van der Waals surface area contributed by atoms with E-state index in [1.807, 2.05) is 26.2 Å². The molecule has 0 saturated carbocycles. The zero-order valence-electron chi connectivity index (χ0n) is 9.65. The first-order valence-electron chi connectivity index (χ1n) is 4.98. The summed E-state index contributed by atoms with van der Waals surface area (Å²) in [7, 11) is 5.73. The highest BCUT2D eigenvalue weighted by molar-refractivity contribution is 7.22. The van der Waals surface area contributed by atoms with Crippen LogP contribution < -0.4 is 10.5 Å². The van der Waals surface area contributed by atoms with Crippen molar-refractivity contribution in [2.75, 3.05) is 26.9 Å². The highest BCUT2D eigenvalue weighted by Gasteiger charge is 2.10. The second kappa shape index (κ2) is 4.27. The molecule has 16 heavy (non-hydrogen) atoms. The van der Waals surface area contributed by atoms with Gasteiger partial charge >= 0.3 is 0 Å². The predicted octanol–water partition coefficient (Wildman–Crippen LogP) is 1.95. The van der Waals surface area contributed by atoms with Gasteiger partial charge in [-0.25, -0.2) is 4.98 Å². The zero-order chi connectivity index (χ0) is 11.7. The molecule has 1 heterocycles. The highest BCUT2D eigenvalue weighted by atomic mass is 32.1. The average molecular weight is 237 g/mol. The van der Waals surface area contributed by atoms with Gasteiger partial charge in [-0.1, -0.05) is 11.3 Å². The van der Waals surface area contributed by atoms with Crippen LogP contribution >= 0.6 is 11.3 Å². The SMILES string of the molecule is COc1cc(CN(C)C)c2nc(N)sc2c1. The van der Waals surface area contributed by atoms with Crippen molar-refractivity contribution < 1.29 is 4.74 Å². The van der Waals surface area contributed by atoms with Gasteiger partial charge in [0, 0.05) is 6.54 Å². The number of nitrogen functional groups attached to an aromatic ring is 1. The number of anilines is 1. The summed E-state index contributed by atoms with van der Waals surface area (Å²) in [5, 5.41) is 0.600. The number of ether oxygens (including phenoxy) is 1. The van der Waals surface area contributed by atoms with Crippen LogP contribution in [-0.2, 0) is 6.54 Å². The lowest BCUT2D eigenvalue weighted by atomic mass is 10.2. The molecule has 0 atom stereocenters. The van der Waals surface area contributed by atoms with Gasteiger partial charge in [0.05, 0.1) is 17.3 Å². The molecule has 86 valence electrons. The third-order valence-corrected chi connectivity index (χ3v) is 3.12. The average Bonchev–Trinajstić information content (AvgIpc) is 2.57. The molecule has 4 nitrogen and oxygen atoms in total. The van der Waals surface area contributed by atoms with Crippen LogP contribution in [0.1, 0.15) is 5.56 Å². The minimum absolute atomic E-state index is 0.600. The Morgan fingerprint density at radius 2 is 2.19 bits per heavy atom. The number of nitrogens with zero attached hydrogens (tertiary/aromatic N) is 2. The number of hydrogen-bond acceptors (Lipinski definition) is 5. The second-order valence-electron chi connectivity index (χ2n) is 3.92. The van der Waals surface area contributed by atoms with Gasteiger partial charge in [0.15, 0.2) is 5.13 Å². The number of fused-ring (bicyclic) bond motifs is 1. The lowest BCUT2D eigenvalue weighted by Crippen LogP contribution is -2.11. The quantitative estimate of drug-likeness (QED) is 0.886. The molecular weight excluding hydrogens is 222 g/mol. The molecule has 0 aliphatic carbocycles. The van der Waals surface area contributed by atoms with Gasteiger partial charge in [-0.2, -0.15) is 0 Å². The minimum Gasteiger partial charge on any atom is -0.497 e. The van der Waals surface area contributed by atoms with Crippen molar-refractivity contribution in [3.63, 3.8) is 0 Å². The summed E-state index contributed by atoms with van der Waals surface area (Å²) in [6.07, 6.45) is 0. The van der Waals surface area contributed by atoms with Gasteiger partial charge in [-0.15, -0.1) is 0 Å². The summed E-state index contributed by atoms with van der Waals surface area (Å²) in [6, 6.07) is 3.99. The Morgan fingerprint density at radius 3 is 2.81 bits per heavy atom. The lowest BCUT2D eigenvalue weighted by Gasteiger charge is -2.11. The van der Waals surface area contributed by atoms with Crippen molar-refractivity contribution in [2.24, 2.45) is 0 Å². The van der Waals surface area contributed by atoms with Crippen LogP contribution in [0.15, 0.2) is 12.1 Å². The standard InChI is InChI=1S/C11H15N3OS/c1-14(2)6-7-4-8(15-3)5-9-10(7)13-11(12)16-9/h4-5H,6H2,1-3H3,(H2,12,13). The van der Waals surface area contributed by atoms with Crippen LogP contribution in [0.2, 0.25) is 0 Å². The number of benzene rings is 1. The van der Waals surface area contributed by atoms with Gasteiger partial charge in [-0.3, -0.25) is 0 Å². The summed E-state index contributed by atoms with van der Waals surface area (Å²) in [5.41, 5.74) is 7.86. The molecule has 0 spiro atoms. The molecule has 2 rings (SSSR count). The third kappa shape index (κ3) is 2.10. The molecule has 5 heteroatoms. The molecule has 2 N–H and O–H groups in total. The maximum absolute atomic E-state index is 5.73. The van der Waals surface area contributed by atoms with Crippen molar-refractivity contribution in [2.45, 2.75) is 6.54 Å². The Labute approximate surface area is 98.6 Å². The number of aromatic nitrogens is 1. The molecule has 0 aliphatic rings. The second-order valence-corrected chi connectivity index (χ2v) is 4.99. The van der Waals surface area contributed by atoms with E-state index < -0.39 is 0 Å². The van der Waals surface area contributed by atoms with Gasteiger partial charge in [0.25, 0.3) is 0 Å². The largest absolute Gasteiger partial charge is 0.497 e. The Kier molecular flexibility index (Phi) is 2.98. The number of nitrogens with two attached hydrogens (primary N) is 1. The fraction of sp³-hybridized carbons (Fsp3) is 0.364. The molecule has 0 aliphatic heterocycles. The van der Waals surface area contributed by atoms with Crippen LogP contribution in [0.25, 0.3) is 10.2 Å². The smallest absolute Gasteiger partial charge is 0.181 e. The molecule has 0 unspecified atom stereocenters. The van der Waals surface area contributed by atoms with E-state index in [-0.39, 0.29) is 0 Å². The molecule has 1 aromatic heterocycles. The molecule has 0 bridgehead atoms. The minimum atomic E-state index is 0.600. The van der Waals surface area contributed by atoms with Crippen LogP contribution in [-0.4, -0.2) is 31.1 Å². The van der Waals surface area contributed by atoms with E-state index in [9.17, 15) is 0 Å². The van der Waals surface area contributed by atoms with Gasteiger partial charge in [0.2, 0.25) is 0 Å². The molecule has 0 amide bonds. The summed E-state index contributed by atoms with van der Waals surface area (Å²) >= 11 is 1.49. The van der Waals surface area contributed by atoms with Crippen LogP contribution in [0.5, 0.6) is 5.75 Å². The monoisotopic (exact) mass is 237 g/mol. The van der Waals surface area contributed by atoms with Crippen molar-refractivity contribution >= 4 is 26.7 Å². The van der Waals surface area contributed by atoms with E-state index in [0.717, 1.165) is 28.1 Å². The summed E-state index contributed by atoms with van der Waals surface area (Å²) in [6.45, 7) is 0.830. The summed E-state index contributed by atoms with van der Waals surface area (Å²) < 4.78 is 6.35. The van der Waals surface area contributed by atoms with E-state index in [1.165, 1.54) is 11.3 Å². The number of methoxy groups -OCH3 is 1. The van der Waals surface area contributed by atoms with E-state index in [1.54, 1.807) is 7.11 Å². The van der Waals surface area contributed by atoms with Crippen molar-refractivity contribution in [3.8, 4) is 5.75 Å². The lowest BCUT2D eigenvalue weighted by molar-refractivity contribution is 0.397. The van der Waals surface area contributed by atoms with Crippen LogP contribution in [0.3, 0.4) is 0 Å². The fourth-order valence-electron chi connectivity index (χ4n) is 1.67. The Balaban J connectivity index is 2.58. The van der Waals surface area contributed by atoms with Crippen molar-refractivity contribution in [3.05, 3.63) is 17.7 Å². The van der Waals surface area contributed by atoms with Gasteiger partial charge < -0.3 is 15.4 Å². The number of hydrogen-bond donors (Lipinski definition) is 1. The molecule has 2 aromatic rings. The van der Waals surface area contributed by atoms with E-state index in [0.29, 0.717) is 5.13 Å². The third-order valence-electron chi connectivity index (χ3n) is 2.29. The zero-order valence-corrected chi connectivity index (χ0v) is 10.5. The molecular formula is C11H15N3OS. The van der Waals surface area contributed by atoms with Crippen molar-refractivity contribution in [1.82, 2.24) is 9.88 Å². The molecule has 0 radical (unpaired) electrons.